The van der Waals surface area contributed by atoms with E-state index in [0.717, 1.165) is 0 Å². The van der Waals surface area contributed by atoms with Gasteiger partial charge in [-0.15, -0.1) is 0 Å². The summed E-state index contributed by atoms with van der Waals surface area (Å²) in [7, 11) is 0. The third-order valence-corrected chi connectivity index (χ3v) is 6.12. The topological polar surface area (TPSA) is 331 Å². The van der Waals surface area contributed by atoms with Crippen molar-refractivity contribution in [2.24, 2.45) is 28.1 Å². The first-order chi connectivity index (χ1) is 19.8. The number of carbonyl (C=O) groups is 7. The van der Waals surface area contributed by atoms with E-state index in [9.17, 15) is 48.9 Å². The number of aliphatic carboxylic acids is 2. The SMILES string of the molecule is NCCCC[C@@H]1NC(=O)[C@H](CO)NC(=O)[C@H](CC(C(=O)O)C(=O)O)NC(=O)CNC(=O)[C@H](CCCN=C(N)N)NC1=O. The fraction of sp³-hybridized carbons (Fsp3) is 0.652. The van der Waals surface area contributed by atoms with E-state index in [1.54, 1.807) is 0 Å². The van der Waals surface area contributed by atoms with Gasteiger partial charge < -0.3 is 59.1 Å². The molecule has 0 radical (unpaired) electrons. The fourth-order valence-electron chi connectivity index (χ4n) is 3.86. The number of amides is 5. The highest BCUT2D eigenvalue weighted by molar-refractivity contribution is 5.98. The van der Waals surface area contributed by atoms with Gasteiger partial charge in [0.25, 0.3) is 0 Å². The van der Waals surface area contributed by atoms with E-state index in [-0.39, 0.29) is 31.8 Å². The molecule has 0 aromatic heterocycles. The minimum absolute atomic E-state index is 0.0142. The number of guanidine groups is 1. The van der Waals surface area contributed by atoms with Crippen LogP contribution in [0.3, 0.4) is 0 Å². The molecule has 1 saturated heterocycles. The van der Waals surface area contributed by atoms with Gasteiger partial charge in [-0.05, 0) is 38.6 Å². The molecule has 4 atom stereocenters. The molecule has 236 valence electrons. The smallest absolute Gasteiger partial charge is 0.317 e. The van der Waals surface area contributed by atoms with Crippen LogP contribution in [0.1, 0.15) is 38.5 Å². The number of unbranched alkanes of at least 4 members (excludes halogenated alkanes) is 1. The van der Waals surface area contributed by atoms with Crippen LogP contribution in [-0.4, -0.2) is 113 Å². The molecule has 1 aliphatic rings. The zero-order chi connectivity index (χ0) is 31.8. The molecule has 14 N–H and O–H groups in total. The van der Waals surface area contributed by atoms with Crippen molar-refractivity contribution in [3.63, 3.8) is 0 Å². The van der Waals surface area contributed by atoms with Crippen molar-refractivity contribution in [3.8, 4) is 0 Å². The van der Waals surface area contributed by atoms with Gasteiger partial charge >= 0.3 is 11.9 Å². The average molecular weight is 602 g/mol. The molecule has 0 unspecified atom stereocenters. The molecular weight excluding hydrogens is 562 g/mol. The molecule has 1 heterocycles. The first-order valence-corrected chi connectivity index (χ1v) is 13.1. The second-order valence-electron chi connectivity index (χ2n) is 9.40. The second kappa shape index (κ2) is 18.0. The summed E-state index contributed by atoms with van der Waals surface area (Å²) in [6.45, 7) is -1.30. The Morgan fingerprint density at radius 1 is 0.786 bits per heavy atom. The highest BCUT2D eigenvalue weighted by Crippen LogP contribution is 2.10. The lowest BCUT2D eigenvalue weighted by molar-refractivity contribution is -0.155. The lowest BCUT2D eigenvalue weighted by Gasteiger charge is -2.25. The largest absolute Gasteiger partial charge is 0.481 e. The summed E-state index contributed by atoms with van der Waals surface area (Å²) in [4.78, 5) is 91.3. The van der Waals surface area contributed by atoms with Crippen LogP contribution < -0.4 is 43.8 Å². The van der Waals surface area contributed by atoms with Crippen LogP contribution in [0, 0.1) is 5.92 Å². The van der Waals surface area contributed by atoms with Gasteiger partial charge in [0.1, 0.15) is 24.2 Å². The zero-order valence-electron chi connectivity index (χ0n) is 22.8. The molecule has 0 saturated carbocycles. The third kappa shape index (κ3) is 12.3. The van der Waals surface area contributed by atoms with E-state index in [2.05, 4.69) is 31.6 Å². The highest BCUT2D eigenvalue weighted by atomic mass is 16.4. The van der Waals surface area contributed by atoms with Gasteiger partial charge in [-0.1, -0.05) is 0 Å². The molecule has 1 rings (SSSR count). The maximum atomic E-state index is 13.2. The minimum Gasteiger partial charge on any atom is -0.481 e. The summed E-state index contributed by atoms with van der Waals surface area (Å²) in [5.41, 5.74) is 16.1. The van der Waals surface area contributed by atoms with Crippen molar-refractivity contribution >= 4 is 47.4 Å². The average Bonchev–Trinajstić information content (AvgIpc) is 2.92. The first-order valence-electron chi connectivity index (χ1n) is 13.1. The van der Waals surface area contributed by atoms with Crippen LogP contribution in [0.5, 0.6) is 0 Å². The number of carboxylic acid groups (broad SMARTS) is 2. The quantitative estimate of drug-likeness (QED) is 0.0406. The Kier molecular flexibility index (Phi) is 15.2. The summed E-state index contributed by atoms with van der Waals surface area (Å²) < 4.78 is 0. The molecule has 42 heavy (non-hydrogen) atoms. The summed E-state index contributed by atoms with van der Waals surface area (Å²) in [5.74, 6) is -10.7. The van der Waals surface area contributed by atoms with Crippen molar-refractivity contribution < 1.29 is 48.9 Å². The number of nitrogens with two attached hydrogens (primary N) is 3. The molecule has 1 fully saturated rings. The number of carbonyl (C=O) groups excluding carboxylic acids is 5. The van der Waals surface area contributed by atoms with Crippen molar-refractivity contribution in [3.05, 3.63) is 0 Å². The summed E-state index contributed by atoms with van der Waals surface area (Å²) in [5, 5.41) is 39.8. The molecule has 0 aromatic rings. The minimum atomic E-state index is -2.12. The Hall–Kier alpha value is -4.52. The van der Waals surface area contributed by atoms with E-state index < -0.39 is 91.1 Å². The number of rotatable bonds is 13. The molecule has 19 heteroatoms. The van der Waals surface area contributed by atoms with E-state index in [1.807, 2.05) is 0 Å². The molecule has 0 aliphatic carbocycles. The summed E-state index contributed by atoms with van der Waals surface area (Å²) >= 11 is 0. The number of aliphatic hydroxyl groups excluding tert-OH is 1. The predicted octanol–water partition coefficient (Wildman–Crippen LogP) is -5.59. The molecule has 0 spiro atoms. The monoisotopic (exact) mass is 601 g/mol. The number of aliphatic hydroxyl groups is 1. The number of aliphatic imine (C=N–C) groups is 1. The van der Waals surface area contributed by atoms with Gasteiger partial charge in [0.2, 0.25) is 29.5 Å². The first kappa shape index (κ1) is 35.5. The second-order valence-corrected chi connectivity index (χ2v) is 9.40. The van der Waals surface area contributed by atoms with Gasteiger partial charge in [0, 0.05) is 13.0 Å². The maximum Gasteiger partial charge on any atom is 0.317 e. The van der Waals surface area contributed by atoms with Crippen LogP contribution in [0.4, 0.5) is 0 Å². The lowest BCUT2D eigenvalue weighted by atomic mass is 9.99. The van der Waals surface area contributed by atoms with Crippen LogP contribution in [0.2, 0.25) is 0 Å². The maximum absolute atomic E-state index is 13.2. The normalized spacial score (nSPS) is 22.4. The Balaban J connectivity index is 3.39. The van der Waals surface area contributed by atoms with Gasteiger partial charge in [-0.3, -0.25) is 38.6 Å². The van der Waals surface area contributed by atoms with Crippen LogP contribution in [-0.2, 0) is 33.6 Å². The van der Waals surface area contributed by atoms with Gasteiger partial charge in [0.05, 0.1) is 13.2 Å². The molecule has 5 amide bonds. The molecular formula is C23H39N9O10. The highest BCUT2D eigenvalue weighted by Gasteiger charge is 2.36. The van der Waals surface area contributed by atoms with E-state index >= 15 is 0 Å². The van der Waals surface area contributed by atoms with Crippen molar-refractivity contribution in [2.45, 2.75) is 62.7 Å². The molecule has 0 bridgehead atoms. The Labute approximate surface area is 240 Å². The summed E-state index contributed by atoms with van der Waals surface area (Å²) in [6.07, 6.45) is 0.270. The number of hydrogen-bond donors (Lipinski definition) is 11. The van der Waals surface area contributed by atoms with E-state index in [1.165, 1.54) is 0 Å². The molecule has 0 aromatic carbocycles. The number of nitrogens with one attached hydrogen (secondary N) is 5. The van der Waals surface area contributed by atoms with Gasteiger partial charge in [-0.2, -0.15) is 0 Å². The van der Waals surface area contributed by atoms with Gasteiger partial charge in [0.15, 0.2) is 11.9 Å². The number of carboxylic acids is 2. The van der Waals surface area contributed by atoms with Crippen molar-refractivity contribution in [2.75, 3.05) is 26.2 Å². The zero-order valence-corrected chi connectivity index (χ0v) is 22.8. The lowest BCUT2D eigenvalue weighted by Crippen LogP contribution is -2.58. The predicted molar refractivity (Wildman–Crippen MR) is 144 cm³/mol. The number of nitrogens with zero attached hydrogens (tertiary/aromatic N) is 1. The molecule has 19 nitrogen and oxygen atoms in total. The van der Waals surface area contributed by atoms with Crippen molar-refractivity contribution in [1.82, 2.24) is 26.6 Å². The Morgan fingerprint density at radius 3 is 1.86 bits per heavy atom. The van der Waals surface area contributed by atoms with E-state index in [0.29, 0.717) is 19.4 Å². The van der Waals surface area contributed by atoms with Crippen molar-refractivity contribution in [1.29, 1.82) is 0 Å². The van der Waals surface area contributed by atoms with Crippen LogP contribution >= 0.6 is 0 Å². The third-order valence-electron chi connectivity index (χ3n) is 6.12. The number of hydrogen-bond acceptors (Lipinski definition) is 10. The van der Waals surface area contributed by atoms with Crippen LogP contribution in [0.15, 0.2) is 4.99 Å². The Bertz CT molecular complexity index is 1020. The van der Waals surface area contributed by atoms with Crippen LogP contribution in [0.25, 0.3) is 0 Å². The molecule has 1 aliphatic heterocycles. The standard InChI is InChI=1S/C23H39N9O10/c24-6-2-1-4-13-18(36)30-12(5-3-7-27-23(25)26)17(35)28-9-16(34)29-14(8-11(21(39)40)22(41)42)19(37)32-15(10-33)20(38)31-13/h11-15,33H,1-10,24H2,(H,28,35)(H,29,34)(H,30,36)(H,31,38)(H,32,37)(H,39,40)(H,41,42)(H4,25,26,27)/t12-,13-,14-,15-/m0/s1. The fourth-order valence-corrected chi connectivity index (χ4v) is 3.86. The van der Waals surface area contributed by atoms with Gasteiger partial charge in [-0.25, -0.2) is 0 Å². The van der Waals surface area contributed by atoms with E-state index in [4.69, 9.17) is 17.2 Å². The summed E-state index contributed by atoms with van der Waals surface area (Å²) in [6, 6.07) is -5.91. The Morgan fingerprint density at radius 2 is 1.31 bits per heavy atom.